The summed E-state index contributed by atoms with van der Waals surface area (Å²) in [7, 11) is 0. The second kappa shape index (κ2) is 30.2. The summed E-state index contributed by atoms with van der Waals surface area (Å²) in [6.45, 7) is 7.04. The molecule has 452 valence electrons. The second-order valence-corrected chi connectivity index (χ2v) is 21.0. The van der Waals surface area contributed by atoms with Gasteiger partial charge in [0.15, 0.2) is 5.69 Å². The van der Waals surface area contributed by atoms with Gasteiger partial charge in [0.2, 0.25) is 29.7 Å². The van der Waals surface area contributed by atoms with Gasteiger partial charge in [-0.1, -0.05) is 125 Å². The molecule has 0 spiro atoms. The maximum Gasteiger partial charge on any atom is 0.258 e. The number of carbonyl (C=O) groups excluding carboxylic acids is 5. The molecule has 0 bridgehead atoms. The molecule has 0 saturated heterocycles. The van der Waals surface area contributed by atoms with Crippen LogP contribution in [0.1, 0.15) is 51.8 Å². The van der Waals surface area contributed by atoms with E-state index in [1.807, 2.05) is 42.5 Å². The third kappa shape index (κ3) is 18.1. The van der Waals surface area contributed by atoms with Crippen LogP contribution in [0.2, 0.25) is 20.1 Å². The maximum absolute atomic E-state index is 12.2. The molecule has 12 aromatic rings. The van der Waals surface area contributed by atoms with Gasteiger partial charge in [0, 0.05) is 70.3 Å². The third-order valence-electron chi connectivity index (χ3n) is 12.7. The molecule has 0 saturated carbocycles. The van der Waals surface area contributed by atoms with Crippen molar-refractivity contribution in [1.29, 1.82) is 0 Å². The highest BCUT2D eigenvalue weighted by atomic mass is 35.5. The minimum absolute atomic E-state index is 0.164. The number of aromatic amines is 4. The van der Waals surface area contributed by atoms with Gasteiger partial charge in [0.1, 0.15) is 5.75 Å². The monoisotopic (exact) mass is 1290 g/mol. The van der Waals surface area contributed by atoms with Crippen LogP contribution in [0.3, 0.4) is 0 Å². The Hall–Kier alpha value is -11.8. The molecule has 0 aliphatic carbocycles. The summed E-state index contributed by atoms with van der Waals surface area (Å²) in [4.78, 5) is 91.7. The number of aromatic hydroxyl groups is 1. The molecule has 12 rings (SSSR count). The van der Waals surface area contributed by atoms with Crippen LogP contribution in [0.25, 0.3) is 49.9 Å². The molecule has 8 aromatic carbocycles. The van der Waals surface area contributed by atoms with Gasteiger partial charge in [-0.25, -0.2) is 24.8 Å². The lowest BCUT2D eigenvalue weighted by Gasteiger charge is -2.03. The number of hydrogen-bond donors (Lipinski definition) is 11. The van der Waals surface area contributed by atoms with E-state index in [4.69, 9.17) is 64.4 Å². The third-order valence-corrected chi connectivity index (χ3v) is 13.6. The number of nitrogens with zero attached hydrogens (tertiary/aromatic N) is 5. The zero-order valence-corrected chi connectivity index (χ0v) is 50.2. The molecule has 0 aliphatic rings. The summed E-state index contributed by atoms with van der Waals surface area (Å²) in [6.07, 6.45) is 6.40. The molecule has 0 aliphatic heterocycles. The number of nitrogens with one attached hydrogen (secondary N) is 8. The lowest BCUT2D eigenvalue weighted by Crippen LogP contribution is -2.12. The molecule has 0 radical (unpaired) electrons. The Morgan fingerprint density at radius 2 is 0.703 bits per heavy atom. The molecule has 13 N–H and O–H groups in total. The fourth-order valence-corrected chi connectivity index (χ4v) is 9.09. The zero-order chi connectivity index (χ0) is 64.4. The lowest BCUT2D eigenvalue weighted by molar-refractivity contribution is 0.0995. The molecular weight excluding hydrogens is 1240 g/mol. The van der Waals surface area contributed by atoms with E-state index in [1.165, 1.54) is 0 Å². The number of halogens is 4. The lowest BCUT2D eigenvalue weighted by atomic mass is 10.1. The van der Waals surface area contributed by atoms with Gasteiger partial charge in [-0.3, -0.25) is 45.2 Å². The summed E-state index contributed by atoms with van der Waals surface area (Å²) >= 11 is 23.5. The number of primary amides is 1. The van der Waals surface area contributed by atoms with Crippen molar-refractivity contribution in [3.8, 4) is 50.8 Å². The van der Waals surface area contributed by atoms with Gasteiger partial charge in [0.05, 0.1) is 54.1 Å². The molecule has 4 aromatic heterocycles. The van der Waals surface area contributed by atoms with Crippen LogP contribution in [0, 0.1) is 6.57 Å². The van der Waals surface area contributed by atoms with E-state index in [2.05, 4.69) is 66.0 Å². The predicted octanol–water partition coefficient (Wildman–Crippen LogP) is 14.9. The maximum atomic E-state index is 12.2. The normalized spacial score (nSPS) is 10.3. The van der Waals surface area contributed by atoms with Crippen molar-refractivity contribution in [1.82, 2.24) is 39.9 Å². The Morgan fingerprint density at radius 1 is 0.396 bits per heavy atom. The topological polar surface area (TPSA) is 325 Å². The molecule has 21 nitrogen and oxygen atoms in total. The number of phenols is 1. The first-order valence-electron chi connectivity index (χ1n) is 26.9. The number of carbonyl (C=O) groups is 5. The molecule has 0 atom stereocenters. The van der Waals surface area contributed by atoms with Crippen molar-refractivity contribution in [3.05, 3.63) is 278 Å². The number of hydrogen-bond acceptors (Lipinski definition) is 11. The number of nitrogen functional groups attached to an aromatic ring is 1. The summed E-state index contributed by atoms with van der Waals surface area (Å²) in [5.41, 5.74) is 20.5. The van der Waals surface area contributed by atoms with Crippen LogP contribution in [0.15, 0.2) is 219 Å². The van der Waals surface area contributed by atoms with Crippen LogP contribution in [-0.2, 0) is 0 Å². The average Bonchev–Trinajstić information content (AvgIpc) is 2.70. The van der Waals surface area contributed by atoms with E-state index >= 15 is 0 Å². The summed E-state index contributed by atoms with van der Waals surface area (Å²) in [5, 5.41) is 22.2. The van der Waals surface area contributed by atoms with Crippen molar-refractivity contribution >= 4 is 111 Å². The molecule has 5 amide bonds. The predicted molar refractivity (Wildman–Crippen MR) is 355 cm³/mol. The number of aromatic nitrogens is 8. The van der Waals surface area contributed by atoms with Crippen LogP contribution in [-0.4, -0.2) is 74.5 Å². The number of H-pyrrole nitrogens is 4. The van der Waals surface area contributed by atoms with Gasteiger partial charge in [-0.2, -0.15) is 0 Å². The molecule has 4 heterocycles. The fourth-order valence-electron chi connectivity index (χ4n) is 8.33. The highest BCUT2D eigenvalue weighted by Gasteiger charge is 2.15. The highest BCUT2D eigenvalue weighted by molar-refractivity contribution is 6.32. The largest absolute Gasteiger partial charge is 0.508 e. The number of benzene rings is 8. The Balaban J connectivity index is 0.000000144. The van der Waals surface area contributed by atoms with Gasteiger partial charge < -0.3 is 36.5 Å². The van der Waals surface area contributed by atoms with Gasteiger partial charge >= 0.3 is 0 Å². The smallest absolute Gasteiger partial charge is 0.258 e. The van der Waals surface area contributed by atoms with Crippen molar-refractivity contribution in [2.24, 2.45) is 5.73 Å². The van der Waals surface area contributed by atoms with Gasteiger partial charge in [0.25, 0.3) is 23.6 Å². The summed E-state index contributed by atoms with van der Waals surface area (Å²) < 4.78 is 0. The SMILES string of the molecule is NC(=O)c1cccc(-c2cnc(NC(=O)c3cccc(Cl)c3)[nH]2)c1.Nc1cccc(-c2cnc(NC(=O)c3cccc(Cl)c3)[nH]2)c1.O=C(Nc1ncc(-c2cccc(O)c2)[nH]1)c1cccc(Cl)c1.[C-]#[N+]c1cccc(-c2cnc(NC(=O)c3cccc(Cl)c3)[nH]2)c1. The zero-order valence-electron chi connectivity index (χ0n) is 47.2. The van der Waals surface area contributed by atoms with Crippen LogP contribution >= 0.6 is 46.4 Å². The van der Waals surface area contributed by atoms with E-state index in [1.54, 1.807) is 176 Å². The molecule has 91 heavy (non-hydrogen) atoms. The number of anilines is 5. The molecule has 0 unspecified atom stereocenters. The quantitative estimate of drug-likeness (QED) is 0.0381. The summed E-state index contributed by atoms with van der Waals surface area (Å²) in [5.74, 6) is -0.256. The summed E-state index contributed by atoms with van der Waals surface area (Å²) in [6, 6.07) is 54.7. The van der Waals surface area contributed by atoms with E-state index in [0.717, 1.165) is 33.6 Å². The Bertz CT molecular complexity index is 4510. The van der Waals surface area contributed by atoms with E-state index in [0.29, 0.717) is 94.5 Å². The molecule has 0 fully saturated rings. The van der Waals surface area contributed by atoms with E-state index in [9.17, 15) is 29.1 Å². The van der Waals surface area contributed by atoms with Crippen LogP contribution in [0.5, 0.6) is 5.75 Å². The minimum atomic E-state index is -0.508. The second-order valence-electron chi connectivity index (χ2n) is 19.2. The van der Waals surface area contributed by atoms with Crippen molar-refractivity contribution < 1.29 is 29.1 Å². The highest BCUT2D eigenvalue weighted by Crippen LogP contribution is 2.27. The minimum Gasteiger partial charge on any atom is -0.508 e. The Labute approximate surface area is 538 Å². The molecule has 25 heteroatoms. The first-order valence-corrected chi connectivity index (χ1v) is 28.4. The molecular formula is C66H49Cl4N15O6. The number of rotatable bonds is 13. The number of imidazole rings is 4. The Kier molecular flexibility index (Phi) is 21.1. The number of phenolic OH excluding ortho intramolecular Hbond substituents is 1. The standard InChI is InChI=1S/C17H13ClN4O2.C17H11ClN4O.C16H13ClN4O.C16H12ClN3O2/c18-13-6-2-5-12(8-13)16(24)22-17-20-9-14(21-17)10-3-1-4-11(7-10)15(19)23;1-19-14-7-3-4-11(9-14)15-10-20-17(21-15)22-16(23)12-5-2-6-13(18)8-12;17-12-5-1-4-11(7-12)15(22)21-16-19-9-14(20-16)10-3-2-6-13(18)8-10;17-12-5-1-4-11(7-12)15(22)20-16-18-9-14(19-16)10-3-2-6-13(21)8-10/h1-9H,(H2,19,23)(H2,20,21,22,24);2-10H,(H2,20,21,22,23);1-9H,18H2,(H2,19,20,21,22);1-9,21H,(H2,18,19,20,22). The van der Waals surface area contributed by atoms with Gasteiger partial charge in [-0.05, 0) is 121 Å². The Morgan fingerprint density at radius 3 is 1.04 bits per heavy atom. The van der Waals surface area contributed by atoms with Gasteiger partial charge in [-0.15, -0.1) is 0 Å². The van der Waals surface area contributed by atoms with E-state index < -0.39 is 5.91 Å². The van der Waals surface area contributed by atoms with Crippen molar-refractivity contribution in [2.45, 2.75) is 0 Å². The van der Waals surface area contributed by atoms with Crippen LogP contribution in [0.4, 0.5) is 35.2 Å². The van der Waals surface area contributed by atoms with Crippen LogP contribution < -0.4 is 32.7 Å². The number of amides is 5. The average molecular weight is 1290 g/mol. The van der Waals surface area contributed by atoms with Crippen molar-refractivity contribution in [3.63, 3.8) is 0 Å². The van der Waals surface area contributed by atoms with E-state index in [-0.39, 0.29) is 29.4 Å². The first-order chi connectivity index (χ1) is 43.9. The van der Waals surface area contributed by atoms with Crippen molar-refractivity contribution in [2.75, 3.05) is 27.0 Å². The number of nitrogens with two attached hydrogens (primary N) is 2. The first kappa shape index (κ1) is 63.7. The fraction of sp³-hybridized carbons (Fsp3) is 0.